The molecule has 2 N–H and O–H groups in total. The Hall–Kier alpha value is -3.12. The average Bonchev–Trinajstić information content (AvgIpc) is 3.42. The monoisotopic (exact) mass is 577 g/mol. The zero-order chi connectivity index (χ0) is 27.7. The Kier molecular flexibility index (Phi) is 8.03. The van der Waals surface area contributed by atoms with Crippen molar-refractivity contribution in [2.75, 3.05) is 30.2 Å². The van der Waals surface area contributed by atoms with Gasteiger partial charge in [0.05, 0.1) is 22.7 Å². The van der Waals surface area contributed by atoms with Gasteiger partial charge in [-0.1, -0.05) is 17.7 Å². The van der Waals surface area contributed by atoms with Gasteiger partial charge in [-0.25, -0.2) is 16.8 Å². The van der Waals surface area contributed by atoms with Gasteiger partial charge < -0.3 is 10.1 Å². The van der Waals surface area contributed by atoms with Gasteiger partial charge in [0.2, 0.25) is 10.0 Å². The van der Waals surface area contributed by atoms with E-state index < -0.39 is 26.0 Å². The van der Waals surface area contributed by atoms with Gasteiger partial charge in [0.1, 0.15) is 10.6 Å². The van der Waals surface area contributed by atoms with Crippen LogP contribution in [0.25, 0.3) is 0 Å². The number of nitrogens with one attached hydrogen (secondary N) is 2. The summed E-state index contributed by atoms with van der Waals surface area (Å²) >= 11 is 6.21. The van der Waals surface area contributed by atoms with Crippen molar-refractivity contribution in [1.29, 1.82) is 0 Å². The second-order valence-corrected chi connectivity index (χ2v) is 13.0. The van der Waals surface area contributed by atoms with Crippen molar-refractivity contribution in [1.82, 2.24) is 4.31 Å². The van der Waals surface area contributed by atoms with E-state index in [0.717, 1.165) is 24.0 Å². The standard InChI is InChI=1S/C26H28ClN3O6S2/c1-17-6-8-20(14-18(17)2)29-37(32,33)25-15-19(7-10-22(25)27)26(31)28-23-16-21(9-11-24(23)36-3)38(34,35)30-12-4-5-13-30/h6-11,14-16,29H,4-5,12-13H2,1-3H3,(H,28,31). The van der Waals surface area contributed by atoms with Gasteiger partial charge in [-0.2, -0.15) is 4.31 Å². The fourth-order valence-electron chi connectivity index (χ4n) is 4.08. The minimum absolute atomic E-state index is 0.00437. The van der Waals surface area contributed by atoms with E-state index in [-0.39, 0.29) is 31.8 Å². The zero-order valence-corrected chi connectivity index (χ0v) is 23.5. The zero-order valence-electron chi connectivity index (χ0n) is 21.1. The van der Waals surface area contributed by atoms with Crippen LogP contribution in [0.2, 0.25) is 5.02 Å². The maximum absolute atomic E-state index is 13.1. The molecule has 0 atom stereocenters. The first-order chi connectivity index (χ1) is 17.9. The highest BCUT2D eigenvalue weighted by Crippen LogP contribution is 2.31. The number of anilines is 2. The number of amides is 1. The molecule has 1 saturated heterocycles. The van der Waals surface area contributed by atoms with E-state index in [1.165, 1.54) is 47.8 Å². The topological polar surface area (TPSA) is 122 Å². The van der Waals surface area contributed by atoms with Gasteiger partial charge in [0.15, 0.2) is 0 Å². The molecule has 202 valence electrons. The summed E-state index contributed by atoms with van der Waals surface area (Å²) in [4.78, 5) is 12.9. The lowest BCUT2D eigenvalue weighted by Gasteiger charge is -2.17. The summed E-state index contributed by atoms with van der Waals surface area (Å²) < 4.78 is 61.4. The lowest BCUT2D eigenvalue weighted by atomic mass is 10.1. The number of rotatable bonds is 8. The van der Waals surface area contributed by atoms with E-state index in [4.69, 9.17) is 16.3 Å². The van der Waals surface area contributed by atoms with Crippen LogP contribution >= 0.6 is 11.6 Å². The molecule has 0 saturated carbocycles. The Morgan fingerprint density at radius 3 is 2.29 bits per heavy atom. The number of methoxy groups -OCH3 is 1. The van der Waals surface area contributed by atoms with Crippen LogP contribution in [0.4, 0.5) is 11.4 Å². The van der Waals surface area contributed by atoms with Gasteiger partial charge in [-0.15, -0.1) is 0 Å². The molecule has 1 aliphatic rings. The maximum Gasteiger partial charge on any atom is 0.263 e. The van der Waals surface area contributed by atoms with Crippen LogP contribution in [0.5, 0.6) is 5.75 Å². The first kappa shape index (κ1) is 27.9. The van der Waals surface area contributed by atoms with Crippen molar-refractivity contribution in [2.24, 2.45) is 0 Å². The fourth-order valence-corrected chi connectivity index (χ4v) is 7.20. The van der Waals surface area contributed by atoms with Crippen molar-refractivity contribution < 1.29 is 26.4 Å². The van der Waals surface area contributed by atoms with Gasteiger partial charge in [-0.05, 0) is 86.3 Å². The summed E-state index contributed by atoms with van der Waals surface area (Å²) in [5.41, 5.74) is 2.42. The molecule has 0 unspecified atom stereocenters. The maximum atomic E-state index is 13.1. The van der Waals surface area contributed by atoms with E-state index in [0.29, 0.717) is 18.8 Å². The van der Waals surface area contributed by atoms with Crippen LogP contribution < -0.4 is 14.8 Å². The van der Waals surface area contributed by atoms with Gasteiger partial charge in [0.25, 0.3) is 15.9 Å². The van der Waals surface area contributed by atoms with Crippen molar-refractivity contribution >= 4 is 48.9 Å². The summed E-state index contributed by atoms with van der Waals surface area (Å²) in [5.74, 6) is -0.421. The molecule has 3 aromatic rings. The normalized spacial score (nSPS) is 14.3. The molecule has 3 aromatic carbocycles. The molecule has 9 nitrogen and oxygen atoms in total. The number of halogens is 1. The van der Waals surface area contributed by atoms with Gasteiger partial charge in [-0.3, -0.25) is 9.52 Å². The first-order valence-electron chi connectivity index (χ1n) is 11.8. The minimum Gasteiger partial charge on any atom is -0.495 e. The second kappa shape index (κ2) is 10.9. The van der Waals surface area contributed by atoms with Crippen molar-refractivity contribution in [2.45, 2.75) is 36.5 Å². The molecule has 1 heterocycles. The van der Waals surface area contributed by atoms with Crippen LogP contribution in [-0.2, 0) is 20.0 Å². The third-order valence-corrected chi connectivity index (χ3v) is 10.1. The Balaban J connectivity index is 1.62. The lowest BCUT2D eigenvalue weighted by Crippen LogP contribution is -2.28. The number of carbonyl (C=O) groups is 1. The smallest absolute Gasteiger partial charge is 0.263 e. The van der Waals surface area contributed by atoms with Crippen LogP contribution in [-0.4, -0.2) is 47.2 Å². The Morgan fingerprint density at radius 1 is 0.921 bits per heavy atom. The Bertz CT molecular complexity index is 1600. The van der Waals surface area contributed by atoms with E-state index in [9.17, 15) is 21.6 Å². The summed E-state index contributed by atoms with van der Waals surface area (Å²) in [7, 11) is -6.46. The molecule has 0 spiro atoms. The van der Waals surface area contributed by atoms with E-state index >= 15 is 0 Å². The number of hydrogen-bond donors (Lipinski definition) is 2. The predicted molar refractivity (Wildman–Crippen MR) is 147 cm³/mol. The highest BCUT2D eigenvalue weighted by atomic mass is 35.5. The average molecular weight is 578 g/mol. The molecule has 1 fully saturated rings. The SMILES string of the molecule is COc1ccc(S(=O)(=O)N2CCCC2)cc1NC(=O)c1ccc(Cl)c(S(=O)(=O)Nc2ccc(C)c(C)c2)c1. The number of hydrogen-bond acceptors (Lipinski definition) is 6. The molecule has 0 radical (unpaired) electrons. The molecular formula is C26H28ClN3O6S2. The van der Waals surface area contributed by atoms with Crippen LogP contribution in [0.3, 0.4) is 0 Å². The number of ether oxygens (including phenoxy) is 1. The van der Waals surface area contributed by atoms with Crippen LogP contribution in [0.1, 0.15) is 34.3 Å². The van der Waals surface area contributed by atoms with Gasteiger partial charge in [0, 0.05) is 24.3 Å². The molecule has 0 aliphatic carbocycles. The highest BCUT2D eigenvalue weighted by Gasteiger charge is 2.28. The largest absolute Gasteiger partial charge is 0.495 e. The molecular weight excluding hydrogens is 550 g/mol. The molecule has 0 aromatic heterocycles. The molecule has 12 heteroatoms. The predicted octanol–water partition coefficient (Wildman–Crippen LogP) is 4.80. The number of nitrogens with zero attached hydrogens (tertiary/aromatic N) is 1. The summed E-state index contributed by atoms with van der Waals surface area (Å²) in [6.07, 6.45) is 1.58. The fraction of sp³-hybridized carbons (Fsp3) is 0.269. The number of sulfonamides is 2. The Labute approximate surface area is 227 Å². The molecule has 1 aliphatic heterocycles. The third-order valence-electron chi connectivity index (χ3n) is 6.36. The lowest BCUT2D eigenvalue weighted by molar-refractivity contribution is 0.102. The van der Waals surface area contributed by atoms with Crippen molar-refractivity contribution in [3.63, 3.8) is 0 Å². The summed E-state index contributed by atoms with van der Waals surface area (Å²) in [6.45, 7) is 4.66. The van der Waals surface area contributed by atoms with Crippen LogP contribution in [0.15, 0.2) is 64.4 Å². The van der Waals surface area contributed by atoms with E-state index in [1.54, 1.807) is 18.2 Å². The third kappa shape index (κ3) is 5.80. The van der Waals surface area contributed by atoms with E-state index in [1.807, 2.05) is 13.8 Å². The molecule has 1 amide bonds. The first-order valence-corrected chi connectivity index (χ1v) is 15.1. The van der Waals surface area contributed by atoms with Crippen molar-refractivity contribution in [3.8, 4) is 5.75 Å². The van der Waals surface area contributed by atoms with Crippen molar-refractivity contribution in [3.05, 3.63) is 76.3 Å². The van der Waals surface area contributed by atoms with E-state index in [2.05, 4.69) is 10.0 Å². The van der Waals surface area contributed by atoms with Gasteiger partial charge >= 0.3 is 0 Å². The minimum atomic E-state index is -4.12. The number of aryl methyl sites for hydroxylation is 2. The molecule has 0 bridgehead atoms. The second-order valence-electron chi connectivity index (χ2n) is 8.98. The highest BCUT2D eigenvalue weighted by molar-refractivity contribution is 7.92. The number of carbonyl (C=O) groups excluding carboxylic acids is 1. The molecule has 38 heavy (non-hydrogen) atoms. The Morgan fingerprint density at radius 2 is 1.63 bits per heavy atom. The summed E-state index contributed by atoms with van der Waals surface area (Å²) in [5, 5.41) is 2.58. The number of benzene rings is 3. The summed E-state index contributed by atoms with van der Waals surface area (Å²) in [6, 6.07) is 13.2. The van der Waals surface area contributed by atoms with Crippen LogP contribution in [0, 0.1) is 13.8 Å². The quantitative estimate of drug-likeness (QED) is 0.396. The molecule has 4 rings (SSSR count).